The molecule has 0 atom stereocenters. The fourth-order valence-corrected chi connectivity index (χ4v) is 3.95. The van der Waals surface area contributed by atoms with E-state index in [2.05, 4.69) is 10.6 Å². The van der Waals surface area contributed by atoms with Crippen LogP contribution in [0.5, 0.6) is 11.5 Å². The lowest BCUT2D eigenvalue weighted by molar-refractivity contribution is -0.125. The fraction of sp³-hybridized carbons (Fsp3) is 0.375. The van der Waals surface area contributed by atoms with Gasteiger partial charge in [-0.2, -0.15) is 0 Å². The van der Waals surface area contributed by atoms with Crippen LogP contribution >= 0.6 is 23.2 Å². The molecule has 3 rings (SSSR count). The molecule has 0 aromatic heterocycles. The van der Waals surface area contributed by atoms with Crippen LogP contribution in [-0.2, 0) is 9.59 Å². The first kappa shape index (κ1) is 24.9. The molecule has 0 aliphatic heterocycles. The molecule has 2 aromatic carbocycles. The van der Waals surface area contributed by atoms with Gasteiger partial charge < -0.3 is 20.1 Å². The molecule has 1 fully saturated rings. The van der Waals surface area contributed by atoms with Gasteiger partial charge in [-0.05, 0) is 75.1 Å². The summed E-state index contributed by atoms with van der Waals surface area (Å²) in [6.45, 7) is 1.16. The van der Waals surface area contributed by atoms with Gasteiger partial charge in [0.25, 0.3) is 11.8 Å². The van der Waals surface area contributed by atoms with Crippen LogP contribution in [0.4, 0.5) is 0 Å². The summed E-state index contributed by atoms with van der Waals surface area (Å²) >= 11 is 11.8. The van der Waals surface area contributed by atoms with E-state index >= 15 is 0 Å². The number of hydrogen-bond acceptors (Lipinski definition) is 5. The number of halogens is 2. The highest BCUT2D eigenvalue weighted by Crippen LogP contribution is 2.24. The van der Waals surface area contributed by atoms with E-state index in [0.717, 1.165) is 25.7 Å². The van der Waals surface area contributed by atoms with E-state index in [1.54, 1.807) is 36.4 Å². The van der Waals surface area contributed by atoms with Crippen LogP contribution in [0.2, 0.25) is 10.0 Å². The number of rotatable bonds is 9. The predicted octanol–water partition coefficient (Wildman–Crippen LogP) is 4.20. The standard InChI is InChI=1S/C24H26Cl2N2O5/c1-15(29)21-12-17(26)4-11-22(21)33-14-24(31)28-19-7-5-18(6-8-19)27-23(30)13-32-20-9-2-16(25)3-10-20/h2-4,9-12,18-19H,5-8,13-14H2,1H3,(H,27,30)(H,28,31). The van der Waals surface area contributed by atoms with E-state index in [1.807, 2.05) is 0 Å². The van der Waals surface area contributed by atoms with Crippen LogP contribution in [-0.4, -0.2) is 42.9 Å². The van der Waals surface area contributed by atoms with Gasteiger partial charge in [-0.15, -0.1) is 0 Å². The molecule has 33 heavy (non-hydrogen) atoms. The van der Waals surface area contributed by atoms with E-state index in [-0.39, 0.29) is 42.9 Å². The Hall–Kier alpha value is -2.77. The van der Waals surface area contributed by atoms with Crippen molar-refractivity contribution in [1.29, 1.82) is 0 Å². The third kappa shape index (κ3) is 7.94. The number of amides is 2. The summed E-state index contributed by atoms with van der Waals surface area (Å²) in [5, 5.41) is 6.96. The number of carbonyl (C=O) groups is 3. The van der Waals surface area contributed by atoms with Crippen molar-refractivity contribution in [2.24, 2.45) is 0 Å². The maximum Gasteiger partial charge on any atom is 0.258 e. The Morgan fingerprint density at radius 3 is 1.88 bits per heavy atom. The van der Waals surface area contributed by atoms with Gasteiger partial charge in [0.05, 0.1) is 5.56 Å². The Kier molecular flexibility index (Phi) is 8.97. The second-order valence-electron chi connectivity index (χ2n) is 7.91. The van der Waals surface area contributed by atoms with Crippen molar-refractivity contribution in [3.8, 4) is 11.5 Å². The van der Waals surface area contributed by atoms with Gasteiger partial charge in [0.1, 0.15) is 11.5 Å². The summed E-state index contributed by atoms with van der Waals surface area (Å²) < 4.78 is 11.0. The minimum atomic E-state index is -0.261. The molecule has 7 nitrogen and oxygen atoms in total. The molecule has 9 heteroatoms. The number of ether oxygens (including phenoxy) is 2. The average Bonchev–Trinajstić information content (AvgIpc) is 2.79. The molecule has 2 N–H and O–H groups in total. The molecule has 2 aromatic rings. The first-order valence-corrected chi connectivity index (χ1v) is 11.5. The minimum Gasteiger partial charge on any atom is -0.484 e. The van der Waals surface area contributed by atoms with Crippen molar-refractivity contribution in [2.45, 2.75) is 44.7 Å². The van der Waals surface area contributed by atoms with E-state index in [0.29, 0.717) is 27.1 Å². The van der Waals surface area contributed by atoms with Crippen molar-refractivity contribution in [2.75, 3.05) is 13.2 Å². The van der Waals surface area contributed by atoms with Gasteiger partial charge >= 0.3 is 0 Å². The smallest absolute Gasteiger partial charge is 0.258 e. The third-order valence-corrected chi connectivity index (χ3v) is 5.81. The summed E-state index contributed by atoms with van der Waals surface area (Å²) in [4.78, 5) is 36.2. The van der Waals surface area contributed by atoms with Gasteiger partial charge in [-0.25, -0.2) is 0 Å². The van der Waals surface area contributed by atoms with Crippen molar-refractivity contribution in [3.63, 3.8) is 0 Å². The molecule has 2 amide bonds. The summed E-state index contributed by atoms with van der Waals surface area (Å²) in [7, 11) is 0. The normalized spacial score (nSPS) is 17.7. The van der Waals surface area contributed by atoms with Gasteiger partial charge in [-0.3, -0.25) is 14.4 Å². The highest BCUT2D eigenvalue weighted by molar-refractivity contribution is 6.31. The zero-order valence-corrected chi connectivity index (χ0v) is 19.7. The first-order valence-electron chi connectivity index (χ1n) is 10.7. The van der Waals surface area contributed by atoms with Gasteiger partial charge in [0.2, 0.25) is 0 Å². The Morgan fingerprint density at radius 1 is 0.818 bits per heavy atom. The Balaban J connectivity index is 1.36. The van der Waals surface area contributed by atoms with E-state index < -0.39 is 0 Å². The van der Waals surface area contributed by atoms with Crippen LogP contribution in [0, 0.1) is 0 Å². The molecule has 1 saturated carbocycles. The molecule has 1 aliphatic carbocycles. The molecule has 0 bridgehead atoms. The third-order valence-electron chi connectivity index (χ3n) is 5.32. The topological polar surface area (TPSA) is 93.7 Å². The van der Waals surface area contributed by atoms with Crippen molar-refractivity contribution >= 4 is 40.8 Å². The summed E-state index contributed by atoms with van der Waals surface area (Å²) in [6, 6.07) is 11.6. The number of Topliss-reactive ketones (excluding diaryl/α,β-unsaturated/α-hetero) is 1. The number of carbonyl (C=O) groups excluding carboxylic acids is 3. The van der Waals surface area contributed by atoms with Crippen LogP contribution in [0.1, 0.15) is 43.0 Å². The largest absolute Gasteiger partial charge is 0.484 e. The Bertz CT molecular complexity index is 989. The molecule has 0 unspecified atom stereocenters. The van der Waals surface area contributed by atoms with Crippen molar-refractivity contribution in [1.82, 2.24) is 10.6 Å². The Morgan fingerprint density at radius 2 is 1.33 bits per heavy atom. The van der Waals surface area contributed by atoms with Crippen molar-refractivity contribution in [3.05, 3.63) is 58.1 Å². The maximum atomic E-state index is 12.3. The molecule has 1 aliphatic rings. The van der Waals surface area contributed by atoms with Gasteiger partial charge in [-0.1, -0.05) is 23.2 Å². The summed E-state index contributed by atoms with van der Waals surface area (Å²) in [6.07, 6.45) is 3.00. The quantitative estimate of drug-likeness (QED) is 0.511. The van der Waals surface area contributed by atoms with Crippen LogP contribution in [0.3, 0.4) is 0 Å². The molecular weight excluding hydrogens is 467 g/mol. The Labute approximate surface area is 202 Å². The molecule has 176 valence electrons. The maximum absolute atomic E-state index is 12.3. The second kappa shape index (κ2) is 11.9. The lowest BCUT2D eigenvalue weighted by Crippen LogP contribution is -2.45. The summed E-state index contributed by atoms with van der Waals surface area (Å²) in [5.74, 6) is 0.275. The molecular formula is C24H26Cl2N2O5. The van der Waals surface area contributed by atoms with E-state index in [1.165, 1.54) is 13.0 Å². The zero-order chi connectivity index (χ0) is 23.8. The fourth-order valence-electron chi connectivity index (χ4n) is 3.65. The SMILES string of the molecule is CC(=O)c1cc(Cl)ccc1OCC(=O)NC1CCC(NC(=O)COc2ccc(Cl)cc2)CC1. The molecule has 0 saturated heterocycles. The predicted molar refractivity (Wildman–Crippen MR) is 126 cm³/mol. The van der Waals surface area contributed by atoms with Crippen LogP contribution in [0.25, 0.3) is 0 Å². The monoisotopic (exact) mass is 492 g/mol. The summed E-state index contributed by atoms with van der Waals surface area (Å²) in [5.41, 5.74) is 0.339. The highest BCUT2D eigenvalue weighted by atomic mass is 35.5. The number of ketones is 1. The lowest BCUT2D eigenvalue weighted by atomic mass is 9.91. The van der Waals surface area contributed by atoms with E-state index in [4.69, 9.17) is 32.7 Å². The second-order valence-corrected chi connectivity index (χ2v) is 8.78. The van der Waals surface area contributed by atoms with Crippen LogP contribution < -0.4 is 20.1 Å². The number of nitrogens with one attached hydrogen (secondary N) is 2. The number of hydrogen-bond donors (Lipinski definition) is 2. The molecule has 0 radical (unpaired) electrons. The van der Waals surface area contributed by atoms with E-state index in [9.17, 15) is 14.4 Å². The highest BCUT2D eigenvalue weighted by Gasteiger charge is 2.24. The lowest BCUT2D eigenvalue weighted by Gasteiger charge is -2.29. The van der Waals surface area contributed by atoms with Crippen LogP contribution in [0.15, 0.2) is 42.5 Å². The average molecular weight is 493 g/mol. The molecule has 0 heterocycles. The van der Waals surface area contributed by atoms with Gasteiger partial charge in [0.15, 0.2) is 19.0 Å². The number of benzene rings is 2. The van der Waals surface area contributed by atoms with Crippen molar-refractivity contribution < 1.29 is 23.9 Å². The minimum absolute atomic E-state index is 0.0112. The molecule has 0 spiro atoms. The first-order chi connectivity index (χ1) is 15.8. The zero-order valence-electron chi connectivity index (χ0n) is 18.2. The van der Waals surface area contributed by atoms with Gasteiger partial charge in [0, 0.05) is 22.1 Å².